The first kappa shape index (κ1) is 25.4. The Labute approximate surface area is 223 Å². The number of carbonyl (C=O) groups excluding carboxylic acids is 1. The molecule has 5 aromatic rings. The summed E-state index contributed by atoms with van der Waals surface area (Å²) in [6.07, 6.45) is 5.42. The molecule has 39 heavy (non-hydrogen) atoms. The molecular formula is C28H23FN8O2. The second-order valence-electron chi connectivity index (χ2n) is 9.41. The standard InChI is InChI=1S/C28H23FN8O2/c1-28(2,3)39-27(38)37-24-9-5-18(14-19(24)15-34-37)4-7-21-10-12-30-25(35-21)23-11-13-31-26(36-23)33-17-22-8-6-20(29)16-32-22/h5-6,8-16H,17H2,1-3H3,(H,31,33,36). The first-order valence-corrected chi connectivity index (χ1v) is 12.0. The predicted octanol–water partition coefficient (Wildman–Crippen LogP) is 4.61. The highest BCUT2D eigenvalue weighted by Gasteiger charge is 2.20. The molecule has 0 saturated carbocycles. The third-order valence-corrected chi connectivity index (χ3v) is 5.23. The number of benzene rings is 1. The molecule has 0 aliphatic rings. The number of hydrogen-bond acceptors (Lipinski definition) is 9. The zero-order chi connectivity index (χ0) is 27.4. The topological polar surface area (TPSA) is 121 Å². The zero-order valence-electron chi connectivity index (χ0n) is 21.4. The maximum absolute atomic E-state index is 13.1. The van der Waals surface area contributed by atoms with E-state index in [0.29, 0.717) is 40.9 Å². The summed E-state index contributed by atoms with van der Waals surface area (Å²) in [5, 5.41) is 7.98. The summed E-state index contributed by atoms with van der Waals surface area (Å²) >= 11 is 0. The van der Waals surface area contributed by atoms with Crippen molar-refractivity contribution in [3.63, 3.8) is 0 Å². The summed E-state index contributed by atoms with van der Waals surface area (Å²) in [6, 6.07) is 11.8. The monoisotopic (exact) mass is 522 g/mol. The quantitative estimate of drug-likeness (QED) is 0.337. The van der Waals surface area contributed by atoms with Gasteiger partial charge >= 0.3 is 6.09 Å². The average Bonchev–Trinajstić information content (AvgIpc) is 3.35. The van der Waals surface area contributed by atoms with Crippen molar-refractivity contribution in [2.45, 2.75) is 32.9 Å². The van der Waals surface area contributed by atoms with Gasteiger partial charge in [-0.25, -0.2) is 29.1 Å². The molecule has 5 rings (SSSR count). The molecule has 10 nitrogen and oxygen atoms in total. The number of rotatable bonds is 4. The van der Waals surface area contributed by atoms with E-state index < -0.39 is 17.5 Å². The lowest BCUT2D eigenvalue weighted by Crippen LogP contribution is -2.27. The molecule has 0 unspecified atom stereocenters. The van der Waals surface area contributed by atoms with Crippen LogP contribution in [0.3, 0.4) is 0 Å². The van der Waals surface area contributed by atoms with Crippen LogP contribution in [0.4, 0.5) is 15.1 Å². The van der Waals surface area contributed by atoms with Crippen LogP contribution in [0, 0.1) is 17.7 Å². The molecule has 1 aromatic carbocycles. The Kier molecular flexibility index (Phi) is 6.93. The van der Waals surface area contributed by atoms with Crippen LogP contribution in [0.5, 0.6) is 0 Å². The number of anilines is 1. The third-order valence-electron chi connectivity index (χ3n) is 5.23. The van der Waals surface area contributed by atoms with E-state index in [1.54, 1.807) is 69.7 Å². The van der Waals surface area contributed by atoms with E-state index in [1.165, 1.54) is 10.7 Å². The molecule has 0 atom stereocenters. The molecular weight excluding hydrogens is 499 g/mol. The minimum Gasteiger partial charge on any atom is -0.442 e. The number of aromatic nitrogens is 7. The number of hydrogen-bond donors (Lipinski definition) is 1. The summed E-state index contributed by atoms with van der Waals surface area (Å²) in [5.74, 6) is 6.49. The van der Waals surface area contributed by atoms with Crippen LogP contribution in [-0.2, 0) is 11.3 Å². The van der Waals surface area contributed by atoms with Gasteiger partial charge in [0.05, 0.1) is 30.1 Å². The van der Waals surface area contributed by atoms with E-state index in [1.807, 2.05) is 6.07 Å². The van der Waals surface area contributed by atoms with E-state index in [0.717, 1.165) is 17.1 Å². The zero-order valence-corrected chi connectivity index (χ0v) is 21.4. The number of nitrogens with zero attached hydrogens (tertiary/aromatic N) is 7. The minimum atomic E-state index is -0.623. The Morgan fingerprint density at radius 1 is 1.00 bits per heavy atom. The lowest BCUT2D eigenvalue weighted by atomic mass is 10.1. The summed E-state index contributed by atoms with van der Waals surface area (Å²) in [5.41, 5.74) is 2.40. The van der Waals surface area contributed by atoms with Gasteiger partial charge in [-0.3, -0.25) is 4.98 Å². The van der Waals surface area contributed by atoms with E-state index in [9.17, 15) is 9.18 Å². The fraction of sp³-hybridized carbons (Fsp3) is 0.179. The van der Waals surface area contributed by atoms with Crippen molar-refractivity contribution in [2.24, 2.45) is 0 Å². The minimum absolute atomic E-state index is 0.330. The first-order chi connectivity index (χ1) is 18.7. The van der Waals surface area contributed by atoms with Crippen molar-refractivity contribution in [1.29, 1.82) is 0 Å². The molecule has 0 aliphatic carbocycles. The van der Waals surface area contributed by atoms with E-state index >= 15 is 0 Å². The Bertz CT molecular complexity index is 1720. The highest BCUT2D eigenvalue weighted by atomic mass is 19.1. The molecule has 0 aliphatic heterocycles. The van der Waals surface area contributed by atoms with Crippen molar-refractivity contribution in [2.75, 3.05) is 5.32 Å². The van der Waals surface area contributed by atoms with Crippen molar-refractivity contribution >= 4 is 22.9 Å². The van der Waals surface area contributed by atoms with Gasteiger partial charge in [-0.15, -0.1) is 0 Å². The summed E-state index contributed by atoms with van der Waals surface area (Å²) in [7, 11) is 0. The van der Waals surface area contributed by atoms with Crippen molar-refractivity contribution in [3.05, 3.63) is 90.0 Å². The van der Waals surface area contributed by atoms with Crippen LogP contribution in [0.15, 0.2) is 67.3 Å². The molecule has 11 heteroatoms. The largest absolute Gasteiger partial charge is 0.442 e. The number of fused-ring (bicyclic) bond motifs is 1. The Hall–Kier alpha value is -5.24. The van der Waals surface area contributed by atoms with Crippen molar-refractivity contribution in [3.8, 4) is 23.4 Å². The predicted molar refractivity (Wildman–Crippen MR) is 142 cm³/mol. The van der Waals surface area contributed by atoms with E-state index in [-0.39, 0.29) is 0 Å². The number of pyridine rings is 1. The van der Waals surface area contributed by atoms with Crippen LogP contribution in [0.2, 0.25) is 0 Å². The molecule has 0 spiro atoms. The highest BCUT2D eigenvalue weighted by molar-refractivity contribution is 5.88. The van der Waals surface area contributed by atoms with E-state index in [4.69, 9.17) is 4.74 Å². The maximum atomic E-state index is 13.1. The smallest absolute Gasteiger partial charge is 0.435 e. The van der Waals surface area contributed by atoms with Gasteiger partial charge in [-0.05, 0) is 69.2 Å². The highest BCUT2D eigenvalue weighted by Crippen LogP contribution is 2.18. The molecule has 0 radical (unpaired) electrons. The summed E-state index contributed by atoms with van der Waals surface area (Å²) in [4.78, 5) is 33.9. The molecule has 0 bridgehead atoms. The maximum Gasteiger partial charge on any atom is 0.435 e. The normalized spacial score (nSPS) is 11.1. The Morgan fingerprint density at radius 2 is 1.85 bits per heavy atom. The van der Waals surface area contributed by atoms with Crippen LogP contribution < -0.4 is 5.32 Å². The van der Waals surface area contributed by atoms with Crippen LogP contribution in [-0.4, -0.2) is 46.4 Å². The first-order valence-electron chi connectivity index (χ1n) is 12.0. The van der Waals surface area contributed by atoms with Gasteiger partial charge in [0, 0.05) is 23.3 Å². The van der Waals surface area contributed by atoms with Gasteiger partial charge in [0.2, 0.25) is 5.95 Å². The molecule has 0 fully saturated rings. The SMILES string of the molecule is CC(C)(C)OC(=O)n1ncc2cc(C#Cc3ccnc(-c4ccnc(NCc5ccc(F)cn5)n4)n3)ccc21. The average molecular weight is 523 g/mol. The van der Waals surface area contributed by atoms with Crippen LogP contribution in [0.25, 0.3) is 22.4 Å². The van der Waals surface area contributed by atoms with Gasteiger partial charge in [0.25, 0.3) is 0 Å². The number of halogens is 1. The van der Waals surface area contributed by atoms with E-state index in [2.05, 4.69) is 47.2 Å². The summed E-state index contributed by atoms with van der Waals surface area (Å²) in [6.45, 7) is 5.74. The molecule has 0 amide bonds. The molecule has 0 saturated heterocycles. The molecule has 1 N–H and O–H groups in total. The Balaban J connectivity index is 1.31. The third kappa shape index (κ3) is 6.37. The lowest BCUT2D eigenvalue weighted by Gasteiger charge is -2.19. The fourth-order valence-corrected chi connectivity index (χ4v) is 3.50. The van der Waals surface area contributed by atoms with Gasteiger partial charge < -0.3 is 10.1 Å². The second-order valence-corrected chi connectivity index (χ2v) is 9.41. The fourth-order valence-electron chi connectivity index (χ4n) is 3.50. The second kappa shape index (κ2) is 10.6. The number of nitrogens with one attached hydrogen (secondary N) is 1. The number of carbonyl (C=O) groups is 1. The molecule has 4 aromatic heterocycles. The van der Waals surface area contributed by atoms with Gasteiger partial charge in [-0.2, -0.15) is 9.78 Å². The van der Waals surface area contributed by atoms with Gasteiger partial charge in [0.1, 0.15) is 22.8 Å². The number of ether oxygens (including phenoxy) is 1. The van der Waals surface area contributed by atoms with Crippen LogP contribution in [0.1, 0.15) is 37.7 Å². The molecule has 194 valence electrons. The summed E-state index contributed by atoms with van der Waals surface area (Å²) < 4.78 is 19.7. The Morgan fingerprint density at radius 3 is 2.64 bits per heavy atom. The lowest BCUT2D eigenvalue weighted by molar-refractivity contribution is 0.0522. The van der Waals surface area contributed by atoms with Crippen molar-refractivity contribution in [1.82, 2.24) is 34.7 Å². The van der Waals surface area contributed by atoms with Gasteiger partial charge in [0.15, 0.2) is 5.82 Å². The van der Waals surface area contributed by atoms with Gasteiger partial charge in [-0.1, -0.05) is 5.92 Å². The molecule has 4 heterocycles. The van der Waals surface area contributed by atoms with Crippen molar-refractivity contribution < 1.29 is 13.9 Å². The van der Waals surface area contributed by atoms with Crippen LogP contribution >= 0.6 is 0 Å².